The molecule has 11 nitrogen and oxygen atoms in total. The Labute approximate surface area is 275 Å². The van der Waals surface area contributed by atoms with Gasteiger partial charge in [-0.25, -0.2) is 4.68 Å². The monoisotopic (exact) mass is 640 g/mol. The van der Waals surface area contributed by atoms with Crippen LogP contribution in [0.3, 0.4) is 0 Å². The molecule has 3 aliphatic rings. The fourth-order valence-electron chi connectivity index (χ4n) is 8.13. The van der Waals surface area contributed by atoms with Crippen molar-refractivity contribution in [2.24, 2.45) is 11.8 Å². The number of carbonyl (C=O) groups is 3. The first-order valence-electron chi connectivity index (χ1n) is 16.6. The van der Waals surface area contributed by atoms with Gasteiger partial charge in [-0.2, -0.15) is 0 Å². The van der Waals surface area contributed by atoms with Crippen LogP contribution in [0.15, 0.2) is 79.9 Å². The molecule has 3 aliphatic heterocycles. The molecule has 0 radical (unpaired) electrons. The van der Waals surface area contributed by atoms with Gasteiger partial charge in [0.15, 0.2) is 0 Å². The largest absolute Gasteiger partial charge is 0.396 e. The normalized spacial score (nSPS) is 26.0. The number of unbranched alkanes of at least 4 members (excludes halogenated alkanes) is 1. The Morgan fingerprint density at radius 2 is 1.74 bits per heavy atom. The summed E-state index contributed by atoms with van der Waals surface area (Å²) in [4.78, 5) is 49.1. The van der Waals surface area contributed by atoms with Crippen molar-refractivity contribution in [1.29, 1.82) is 0 Å². The van der Waals surface area contributed by atoms with Gasteiger partial charge in [-0.1, -0.05) is 66.8 Å². The topological polar surface area (TPSA) is 121 Å². The molecule has 1 spiro atoms. The average molecular weight is 641 g/mol. The number of carbonyl (C=O) groups excluding carboxylic acids is 3. The van der Waals surface area contributed by atoms with Crippen LogP contribution in [0.1, 0.15) is 44.6 Å². The predicted octanol–water partition coefficient (Wildman–Crippen LogP) is 3.55. The molecule has 248 valence electrons. The van der Waals surface area contributed by atoms with Crippen LogP contribution in [-0.4, -0.2) is 96.0 Å². The first kappa shape index (κ1) is 32.6. The van der Waals surface area contributed by atoms with Crippen LogP contribution in [0.4, 0.5) is 0 Å². The Hall–Kier alpha value is -4.35. The summed E-state index contributed by atoms with van der Waals surface area (Å²) in [6.07, 6.45) is 5.95. The summed E-state index contributed by atoms with van der Waals surface area (Å²) in [5.74, 6) is -2.24. The van der Waals surface area contributed by atoms with E-state index in [9.17, 15) is 19.5 Å². The van der Waals surface area contributed by atoms with Crippen LogP contribution in [0.25, 0.3) is 11.0 Å². The van der Waals surface area contributed by atoms with E-state index in [0.29, 0.717) is 50.7 Å². The van der Waals surface area contributed by atoms with Crippen molar-refractivity contribution >= 4 is 28.8 Å². The number of benzene rings is 2. The maximum Gasteiger partial charge on any atom is 0.250 e. The highest BCUT2D eigenvalue weighted by atomic mass is 16.5. The number of aromatic nitrogens is 3. The zero-order valence-electron chi connectivity index (χ0n) is 27.0. The van der Waals surface area contributed by atoms with Gasteiger partial charge in [-0.3, -0.25) is 14.4 Å². The van der Waals surface area contributed by atoms with E-state index >= 15 is 0 Å². The van der Waals surface area contributed by atoms with Crippen molar-refractivity contribution in [2.75, 3.05) is 26.2 Å². The number of likely N-dealkylation sites (tertiary alicyclic amines) is 1. The second-order valence-electron chi connectivity index (χ2n) is 12.9. The highest BCUT2D eigenvalue weighted by Crippen LogP contribution is 2.64. The van der Waals surface area contributed by atoms with E-state index in [-0.39, 0.29) is 44.1 Å². The molecule has 3 aromatic rings. The van der Waals surface area contributed by atoms with Crippen LogP contribution >= 0.6 is 0 Å². The van der Waals surface area contributed by atoms with E-state index in [1.54, 1.807) is 31.5 Å². The van der Waals surface area contributed by atoms with Crippen molar-refractivity contribution in [3.63, 3.8) is 0 Å². The average Bonchev–Trinajstić information content (AvgIpc) is 3.82. The molecule has 47 heavy (non-hydrogen) atoms. The lowest BCUT2D eigenvalue weighted by Crippen LogP contribution is -2.56. The summed E-state index contributed by atoms with van der Waals surface area (Å²) in [5, 5.41) is 18.1. The Morgan fingerprint density at radius 1 is 1.02 bits per heavy atom. The van der Waals surface area contributed by atoms with Gasteiger partial charge in [0.2, 0.25) is 17.7 Å². The second kappa shape index (κ2) is 13.4. The molecule has 2 bridgehead atoms. The molecule has 11 heteroatoms. The van der Waals surface area contributed by atoms with E-state index in [1.807, 2.05) is 61.5 Å². The Morgan fingerprint density at radius 3 is 2.47 bits per heavy atom. The van der Waals surface area contributed by atoms with Gasteiger partial charge < -0.3 is 24.5 Å². The fraction of sp³-hybridized carbons (Fsp3) is 0.472. The maximum absolute atomic E-state index is 14.8. The van der Waals surface area contributed by atoms with Crippen molar-refractivity contribution in [3.05, 3.63) is 85.5 Å². The minimum Gasteiger partial charge on any atom is -0.396 e. The number of hydrogen-bond donors (Lipinski definition) is 1. The van der Waals surface area contributed by atoms with Crippen molar-refractivity contribution in [1.82, 2.24) is 29.7 Å². The third-order valence-electron chi connectivity index (χ3n) is 10.3. The van der Waals surface area contributed by atoms with E-state index in [2.05, 4.69) is 23.5 Å². The molecule has 6 rings (SSSR count). The maximum atomic E-state index is 14.8. The number of para-hydroxylation sites is 1. The van der Waals surface area contributed by atoms with E-state index in [0.717, 1.165) is 11.1 Å². The molecule has 0 saturated carbocycles. The van der Waals surface area contributed by atoms with Gasteiger partial charge >= 0.3 is 0 Å². The van der Waals surface area contributed by atoms with Gasteiger partial charge in [0.05, 0.1) is 23.0 Å². The number of fused-ring (bicyclic) bond motifs is 2. The van der Waals surface area contributed by atoms with Gasteiger partial charge in [0.25, 0.3) is 0 Å². The number of rotatable bonds is 15. The molecule has 5 atom stereocenters. The Bertz CT molecular complexity index is 1640. The van der Waals surface area contributed by atoms with E-state index < -0.39 is 29.1 Å². The second-order valence-corrected chi connectivity index (χ2v) is 12.9. The van der Waals surface area contributed by atoms with Crippen molar-refractivity contribution in [2.45, 2.75) is 69.5 Å². The molecular formula is C36H44N6O5. The SMILES string of the molecule is C=CCN(Cn1nnc2ccccc21)C(=O)C1N(CCCCO)C(=O)[C@@H]2[C@@H](C(=O)N(CC=C)Cc3ccccc3)[C@@]3(CC)CCC12O3. The Kier molecular flexibility index (Phi) is 9.29. The standard InChI is InChI=1S/C36H44N6O5/c1-4-20-39(24-26-14-8-7-9-15-26)32(44)29-30-33(45)41(22-12-13-23-43)31(36(30)19-18-35(29,6-3)47-36)34(46)40(21-5-2)25-42-28-17-11-10-16-27(28)37-38-42/h4-5,7-11,14-17,29-31,43H,1-2,6,12-13,18-25H2,3H3/t29-,30-,31?,35+,36?/m0/s1. The van der Waals surface area contributed by atoms with Crippen LogP contribution in [0.2, 0.25) is 0 Å². The number of hydrogen-bond acceptors (Lipinski definition) is 7. The van der Waals surface area contributed by atoms with Crippen molar-refractivity contribution in [3.8, 4) is 0 Å². The van der Waals surface area contributed by atoms with Gasteiger partial charge in [-0.05, 0) is 49.8 Å². The summed E-state index contributed by atoms with van der Waals surface area (Å²) in [5.41, 5.74) is 0.433. The lowest BCUT2D eigenvalue weighted by molar-refractivity contribution is -0.156. The Balaban J connectivity index is 1.38. The highest BCUT2D eigenvalue weighted by molar-refractivity contribution is 5.99. The summed E-state index contributed by atoms with van der Waals surface area (Å²) in [7, 11) is 0. The minimum atomic E-state index is -1.17. The molecule has 0 aliphatic carbocycles. The molecule has 2 aromatic carbocycles. The molecule has 3 saturated heterocycles. The first-order valence-corrected chi connectivity index (χ1v) is 16.6. The van der Waals surface area contributed by atoms with Crippen LogP contribution in [0, 0.1) is 11.8 Å². The summed E-state index contributed by atoms with van der Waals surface area (Å²) < 4.78 is 8.68. The molecule has 1 N–H and O–H groups in total. The molecule has 1 aromatic heterocycles. The van der Waals surface area contributed by atoms with Crippen LogP contribution in [-0.2, 0) is 32.3 Å². The zero-order valence-corrected chi connectivity index (χ0v) is 27.0. The third-order valence-corrected chi connectivity index (χ3v) is 10.3. The number of ether oxygens (including phenoxy) is 1. The zero-order chi connectivity index (χ0) is 33.2. The lowest BCUT2D eigenvalue weighted by Gasteiger charge is -2.37. The molecular weight excluding hydrogens is 596 g/mol. The van der Waals surface area contributed by atoms with Gasteiger partial charge in [0.1, 0.15) is 23.8 Å². The van der Waals surface area contributed by atoms with E-state index in [4.69, 9.17) is 4.74 Å². The number of aliphatic hydroxyl groups is 1. The fourth-order valence-corrected chi connectivity index (χ4v) is 8.13. The summed E-state index contributed by atoms with van der Waals surface area (Å²) >= 11 is 0. The molecule has 3 amide bonds. The molecule has 3 fully saturated rings. The quantitative estimate of drug-likeness (QED) is 0.199. The highest BCUT2D eigenvalue weighted by Gasteiger charge is 2.79. The molecule has 4 heterocycles. The number of aliphatic hydroxyl groups excluding tert-OH is 1. The number of amides is 3. The smallest absolute Gasteiger partial charge is 0.250 e. The summed E-state index contributed by atoms with van der Waals surface area (Å²) in [6, 6.07) is 16.3. The minimum absolute atomic E-state index is 0.0241. The summed E-state index contributed by atoms with van der Waals surface area (Å²) in [6.45, 7) is 11.1. The third kappa shape index (κ3) is 5.55. The van der Waals surface area contributed by atoms with Crippen molar-refractivity contribution < 1.29 is 24.2 Å². The lowest BCUT2D eigenvalue weighted by atomic mass is 9.64. The van der Waals surface area contributed by atoms with E-state index in [1.165, 1.54) is 0 Å². The first-order chi connectivity index (χ1) is 22.8. The van der Waals surface area contributed by atoms with Crippen LogP contribution < -0.4 is 0 Å². The van der Waals surface area contributed by atoms with Gasteiger partial charge in [-0.15, -0.1) is 18.3 Å². The predicted molar refractivity (Wildman–Crippen MR) is 176 cm³/mol. The van der Waals surface area contributed by atoms with Gasteiger partial charge in [0, 0.05) is 32.8 Å². The van der Waals surface area contributed by atoms with Crippen LogP contribution in [0.5, 0.6) is 0 Å². The number of nitrogens with zero attached hydrogens (tertiary/aromatic N) is 6. The molecule has 2 unspecified atom stereocenters.